The lowest BCUT2D eigenvalue weighted by molar-refractivity contribution is 0.101. The van der Waals surface area contributed by atoms with Crippen LogP contribution in [0.15, 0.2) is 12.3 Å². The molecule has 3 nitrogen and oxygen atoms in total. The van der Waals surface area contributed by atoms with Crippen LogP contribution in [-0.4, -0.2) is 15.6 Å². The summed E-state index contributed by atoms with van der Waals surface area (Å²) < 4.78 is 1.77. The minimum atomic E-state index is 0.0180. The molecule has 0 saturated carbocycles. The molecule has 0 bridgehead atoms. The van der Waals surface area contributed by atoms with Crippen LogP contribution in [0.1, 0.15) is 37.3 Å². The van der Waals surface area contributed by atoms with E-state index in [1.54, 1.807) is 10.7 Å². The monoisotopic (exact) mass is 152 g/mol. The fraction of sp³-hybridized carbons (Fsp3) is 0.500. The van der Waals surface area contributed by atoms with Crippen molar-refractivity contribution >= 4 is 5.78 Å². The molecular formula is C8H12N2O. The molecule has 0 N–H and O–H groups in total. The largest absolute Gasteiger partial charge is 0.293 e. The van der Waals surface area contributed by atoms with Gasteiger partial charge < -0.3 is 0 Å². The van der Waals surface area contributed by atoms with Crippen molar-refractivity contribution in [1.82, 2.24) is 9.78 Å². The zero-order valence-electron chi connectivity index (χ0n) is 7.03. The van der Waals surface area contributed by atoms with Gasteiger partial charge in [0.05, 0.1) is 0 Å². The van der Waals surface area contributed by atoms with Crippen molar-refractivity contribution in [3.8, 4) is 0 Å². The van der Waals surface area contributed by atoms with Gasteiger partial charge in [0.15, 0.2) is 5.78 Å². The fourth-order valence-electron chi connectivity index (χ4n) is 0.813. The Bertz CT molecular complexity index is 263. The lowest BCUT2D eigenvalue weighted by Crippen LogP contribution is -2.03. The molecule has 3 heteroatoms. The number of Topliss-reactive ketones (excluding diaryl/α,β-unsaturated/α-hetero) is 1. The highest BCUT2D eigenvalue weighted by molar-refractivity contribution is 5.91. The number of aromatic nitrogens is 2. The molecule has 1 aromatic heterocycles. The number of nitrogens with zero attached hydrogens (tertiary/aromatic N) is 2. The maximum absolute atomic E-state index is 10.8. The first kappa shape index (κ1) is 7.98. The summed E-state index contributed by atoms with van der Waals surface area (Å²) in [4.78, 5) is 10.8. The molecule has 60 valence electrons. The van der Waals surface area contributed by atoms with Gasteiger partial charge in [-0.1, -0.05) is 0 Å². The SMILES string of the molecule is CC(=O)c1ccn(C(C)C)n1. The molecule has 0 aliphatic rings. The van der Waals surface area contributed by atoms with E-state index in [1.165, 1.54) is 6.92 Å². The van der Waals surface area contributed by atoms with Crippen LogP contribution in [0.25, 0.3) is 0 Å². The maximum atomic E-state index is 10.8. The van der Waals surface area contributed by atoms with Crippen molar-refractivity contribution in [3.63, 3.8) is 0 Å². The van der Waals surface area contributed by atoms with Gasteiger partial charge >= 0.3 is 0 Å². The smallest absolute Gasteiger partial charge is 0.179 e. The van der Waals surface area contributed by atoms with Gasteiger partial charge in [0.2, 0.25) is 0 Å². The molecule has 1 rings (SSSR count). The average molecular weight is 152 g/mol. The quantitative estimate of drug-likeness (QED) is 0.604. The third kappa shape index (κ3) is 1.67. The van der Waals surface area contributed by atoms with Gasteiger partial charge in [-0.05, 0) is 19.9 Å². The molecule has 0 spiro atoms. The van der Waals surface area contributed by atoms with E-state index in [0.29, 0.717) is 11.7 Å². The highest BCUT2D eigenvalue weighted by atomic mass is 16.1. The first-order valence-electron chi connectivity index (χ1n) is 3.67. The molecule has 0 aliphatic heterocycles. The van der Waals surface area contributed by atoms with Crippen LogP contribution in [0.5, 0.6) is 0 Å². The summed E-state index contributed by atoms with van der Waals surface area (Å²) in [7, 11) is 0. The van der Waals surface area contributed by atoms with Crippen molar-refractivity contribution < 1.29 is 4.79 Å². The van der Waals surface area contributed by atoms with E-state index >= 15 is 0 Å². The summed E-state index contributed by atoms with van der Waals surface area (Å²) in [6.07, 6.45) is 1.82. The van der Waals surface area contributed by atoms with Gasteiger partial charge in [-0.3, -0.25) is 9.48 Å². The average Bonchev–Trinajstić information content (AvgIpc) is 2.33. The number of hydrogen-bond acceptors (Lipinski definition) is 2. The van der Waals surface area contributed by atoms with E-state index in [1.807, 2.05) is 20.0 Å². The molecule has 0 unspecified atom stereocenters. The summed E-state index contributed by atoms with van der Waals surface area (Å²) in [5.41, 5.74) is 0.540. The second-order valence-electron chi connectivity index (χ2n) is 2.83. The topological polar surface area (TPSA) is 34.9 Å². The molecule has 0 radical (unpaired) electrons. The molecule has 0 saturated heterocycles. The van der Waals surface area contributed by atoms with Crippen molar-refractivity contribution in [1.29, 1.82) is 0 Å². The number of hydrogen-bond donors (Lipinski definition) is 0. The highest BCUT2D eigenvalue weighted by Crippen LogP contribution is 2.03. The number of rotatable bonds is 2. The van der Waals surface area contributed by atoms with E-state index in [9.17, 15) is 4.79 Å². The highest BCUT2D eigenvalue weighted by Gasteiger charge is 2.04. The Morgan fingerprint density at radius 3 is 2.55 bits per heavy atom. The summed E-state index contributed by atoms with van der Waals surface area (Å²) in [6.45, 7) is 5.57. The van der Waals surface area contributed by atoms with Crippen molar-refractivity contribution in [3.05, 3.63) is 18.0 Å². The maximum Gasteiger partial charge on any atom is 0.179 e. The standard InChI is InChI=1S/C8H12N2O/c1-6(2)10-5-4-8(9-10)7(3)11/h4-6H,1-3H3. The second kappa shape index (κ2) is 2.86. The van der Waals surface area contributed by atoms with Crippen molar-refractivity contribution in [2.75, 3.05) is 0 Å². The van der Waals surface area contributed by atoms with Gasteiger partial charge in [-0.15, -0.1) is 0 Å². The van der Waals surface area contributed by atoms with Gasteiger partial charge in [0, 0.05) is 19.2 Å². The third-order valence-corrected chi connectivity index (χ3v) is 1.50. The number of carbonyl (C=O) groups is 1. The van der Waals surface area contributed by atoms with Crippen LogP contribution in [0.2, 0.25) is 0 Å². The summed E-state index contributed by atoms with van der Waals surface area (Å²) >= 11 is 0. The van der Waals surface area contributed by atoms with Crippen molar-refractivity contribution in [2.45, 2.75) is 26.8 Å². The van der Waals surface area contributed by atoms with Crippen LogP contribution in [0.3, 0.4) is 0 Å². The van der Waals surface area contributed by atoms with Gasteiger partial charge in [0.25, 0.3) is 0 Å². The molecule has 0 fully saturated rings. The molecule has 0 amide bonds. The molecular weight excluding hydrogens is 140 g/mol. The zero-order chi connectivity index (χ0) is 8.43. The first-order chi connectivity index (χ1) is 5.11. The Balaban J connectivity index is 2.90. The van der Waals surface area contributed by atoms with Crippen LogP contribution in [0, 0.1) is 0 Å². The normalized spacial score (nSPS) is 10.5. The van der Waals surface area contributed by atoms with Crippen molar-refractivity contribution in [2.24, 2.45) is 0 Å². The second-order valence-corrected chi connectivity index (χ2v) is 2.83. The van der Waals surface area contributed by atoms with Crippen LogP contribution in [-0.2, 0) is 0 Å². The Labute approximate surface area is 66.0 Å². The van der Waals surface area contributed by atoms with Gasteiger partial charge in [-0.2, -0.15) is 5.10 Å². The first-order valence-corrected chi connectivity index (χ1v) is 3.67. The zero-order valence-corrected chi connectivity index (χ0v) is 7.03. The predicted octanol–water partition coefficient (Wildman–Crippen LogP) is 1.67. The predicted molar refractivity (Wildman–Crippen MR) is 42.6 cm³/mol. The van der Waals surface area contributed by atoms with Gasteiger partial charge in [0.1, 0.15) is 5.69 Å². The third-order valence-electron chi connectivity index (χ3n) is 1.50. The number of carbonyl (C=O) groups excluding carboxylic acids is 1. The molecule has 0 aromatic carbocycles. The minimum absolute atomic E-state index is 0.0180. The van der Waals surface area contributed by atoms with E-state index in [4.69, 9.17) is 0 Å². The summed E-state index contributed by atoms with van der Waals surface area (Å²) in [5.74, 6) is 0.0180. The molecule has 1 aromatic rings. The Morgan fingerprint density at radius 1 is 1.64 bits per heavy atom. The molecule has 11 heavy (non-hydrogen) atoms. The minimum Gasteiger partial charge on any atom is -0.293 e. The van der Waals surface area contributed by atoms with Crippen LogP contribution >= 0.6 is 0 Å². The molecule has 0 atom stereocenters. The van der Waals surface area contributed by atoms with E-state index in [2.05, 4.69) is 5.10 Å². The van der Waals surface area contributed by atoms with Gasteiger partial charge in [-0.25, -0.2) is 0 Å². The Morgan fingerprint density at radius 2 is 2.27 bits per heavy atom. The lowest BCUT2D eigenvalue weighted by atomic mass is 10.3. The molecule has 0 aliphatic carbocycles. The Hall–Kier alpha value is -1.12. The number of ketones is 1. The Kier molecular flexibility index (Phi) is 2.08. The summed E-state index contributed by atoms with van der Waals surface area (Å²) in [6, 6.07) is 2.06. The lowest BCUT2D eigenvalue weighted by Gasteiger charge is -2.02. The van der Waals surface area contributed by atoms with E-state index in [0.717, 1.165) is 0 Å². The van der Waals surface area contributed by atoms with Crippen LogP contribution < -0.4 is 0 Å². The van der Waals surface area contributed by atoms with Crippen LogP contribution in [0.4, 0.5) is 0 Å². The van der Waals surface area contributed by atoms with E-state index in [-0.39, 0.29) is 5.78 Å². The molecule has 1 heterocycles. The fourth-order valence-corrected chi connectivity index (χ4v) is 0.813. The summed E-state index contributed by atoms with van der Waals surface area (Å²) in [5, 5.41) is 4.08. The van der Waals surface area contributed by atoms with E-state index < -0.39 is 0 Å².